The Morgan fingerprint density at radius 2 is 1.74 bits per heavy atom. The van der Waals surface area contributed by atoms with E-state index in [2.05, 4.69) is 35.2 Å². The van der Waals surface area contributed by atoms with E-state index >= 15 is 0 Å². The van der Waals surface area contributed by atoms with Crippen molar-refractivity contribution in [3.05, 3.63) is 35.9 Å². The minimum absolute atomic E-state index is 0.275. The van der Waals surface area contributed by atoms with Gasteiger partial charge in [-0.1, -0.05) is 49.6 Å². The van der Waals surface area contributed by atoms with Gasteiger partial charge in [0.15, 0.2) is 0 Å². The Labute approximate surface area is 117 Å². The van der Waals surface area contributed by atoms with Crippen LogP contribution in [0.2, 0.25) is 0 Å². The van der Waals surface area contributed by atoms with Crippen LogP contribution in [-0.2, 0) is 5.54 Å². The number of nitrogens with zero attached hydrogens (tertiary/aromatic N) is 1. The van der Waals surface area contributed by atoms with Gasteiger partial charge in [0.25, 0.3) is 0 Å². The van der Waals surface area contributed by atoms with Gasteiger partial charge in [0, 0.05) is 18.1 Å². The van der Waals surface area contributed by atoms with Crippen LogP contribution in [0.5, 0.6) is 0 Å². The summed E-state index contributed by atoms with van der Waals surface area (Å²) in [5.41, 5.74) is 8.02. The third kappa shape index (κ3) is 2.56. The van der Waals surface area contributed by atoms with Crippen LogP contribution in [0.25, 0.3) is 0 Å². The van der Waals surface area contributed by atoms with E-state index in [9.17, 15) is 0 Å². The molecule has 2 fully saturated rings. The molecule has 1 atom stereocenters. The highest BCUT2D eigenvalue weighted by Gasteiger charge is 2.40. The van der Waals surface area contributed by atoms with Crippen LogP contribution in [0.3, 0.4) is 0 Å². The Morgan fingerprint density at radius 1 is 1.00 bits per heavy atom. The van der Waals surface area contributed by atoms with Crippen LogP contribution >= 0.6 is 0 Å². The van der Waals surface area contributed by atoms with Crippen molar-refractivity contribution >= 4 is 0 Å². The van der Waals surface area contributed by atoms with Gasteiger partial charge < -0.3 is 5.73 Å². The second-order valence-corrected chi connectivity index (χ2v) is 6.31. The molecule has 0 aromatic heterocycles. The second kappa shape index (κ2) is 5.64. The second-order valence-electron chi connectivity index (χ2n) is 6.31. The zero-order valence-corrected chi connectivity index (χ0v) is 11.9. The maximum absolute atomic E-state index is 6.23. The standard InChI is InChI=1S/C17H26N2/c18-16-10-7-13-19(14-16)17(11-5-2-6-12-17)15-8-3-1-4-9-15/h1,3-4,8-9,16H,2,5-7,10-14,18H2. The SMILES string of the molecule is NC1CCCN(C2(c3ccccc3)CCCCC2)C1. The number of likely N-dealkylation sites (tertiary alicyclic amines) is 1. The third-order valence-electron chi connectivity index (χ3n) is 5.06. The molecule has 2 heteroatoms. The molecule has 3 rings (SSSR count). The summed E-state index contributed by atoms with van der Waals surface area (Å²) < 4.78 is 0. The molecule has 1 heterocycles. The van der Waals surface area contributed by atoms with Crippen LogP contribution in [0.1, 0.15) is 50.5 Å². The average molecular weight is 258 g/mol. The topological polar surface area (TPSA) is 29.3 Å². The molecule has 1 aromatic carbocycles. The Bertz CT molecular complexity index is 395. The largest absolute Gasteiger partial charge is 0.327 e. The Morgan fingerprint density at radius 3 is 2.42 bits per heavy atom. The van der Waals surface area contributed by atoms with Crippen molar-refractivity contribution in [2.75, 3.05) is 13.1 Å². The number of benzene rings is 1. The summed E-state index contributed by atoms with van der Waals surface area (Å²) in [6, 6.07) is 11.5. The van der Waals surface area contributed by atoms with Crippen molar-refractivity contribution in [3.63, 3.8) is 0 Å². The van der Waals surface area contributed by atoms with E-state index < -0.39 is 0 Å². The predicted molar refractivity (Wildman–Crippen MR) is 80.0 cm³/mol. The molecule has 1 aliphatic heterocycles. The van der Waals surface area contributed by atoms with Crippen LogP contribution in [0.15, 0.2) is 30.3 Å². The molecule has 104 valence electrons. The van der Waals surface area contributed by atoms with Crippen molar-refractivity contribution in [1.29, 1.82) is 0 Å². The smallest absolute Gasteiger partial charge is 0.0461 e. The Kier molecular flexibility index (Phi) is 3.90. The van der Waals surface area contributed by atoms with Crippen LogP contribution < -0.4 is 5.73 Å². The lowest BCUT2D eigenvalue weighted by molar-refractivity contribution is 0.0239. The molecule has 1 aliphatic carbocycles. The van der Waals surface area contributed by atoms with E-state index in [0.717, 1.165) is 6.54 Å². The zero-order valence-electron chi connectivity index (χ0n) is 11.9. The number of hydrogen-bond acceptors (Lipinski definition) is 2. The first-order valence-corrected chi connectivity index (χ1v) is 7.87. The number of hydrogen-bond donors (Lipinski definition) is 1. The van der Waals surface area contributed by atoms with E-state index in [1.54, 1.807) is 0 Å². The molecule has 1 saturated heterocycles. The summed E-state index contributed by atoms with van der Waals surface area (Å²) in [7, 11) is 0. The van der Waals surface area contributed by atoms with Gasteiger partial charge in [-0.05, 0) is 37.8 Å². The van der Waals surface area contributed by atoms with Crippen molar-refractivity contribution in [3.8, 4) is 0 Å². The molecule has 2 nitrogen and oxygen atoms in total. The quantitative estimate of drug-likeness (QED) is 0.882. The monoisotopic (exact) mass is 258 g/mol. The Balaban J connectivity index is 1.92. The molecule has 2 aliphatic rings. The third-order valence-corrected chi connectivity index (χ3v) is 5.06. The maximum atomic E-state index is 6.23. The molecule has 0 spiro atoms. The summed E-state index contributed by atoms with van der Waals surface area (Å²) in [5.74, 6) is 0. The molecule has 0 amide bonds. The highest BCUT2D eigenvalue weighted by molar-refractivity contribution is 5.25. The molecule has 2 N–H and O–H groups in total. The maximum Gasteiger partial charge on any atom is 0.0461 e. The van der Waals surface area contributed by atoms with E-state index in [1.807, 2.05) is 0 Å². The highest BCUT2D eigenvalue weighted by Crippen LogP contribution is 2.43. The number of rotatable bonds is 2. The lowest BCUT2D eigenvalue weighted by Crippen LogP contribution is -2.54. The summed E-state index contributed by atoms with van der Waals surface area (Å²) in [4.78, 5) is 2.70. The fourth-order valence-corrected chi connectivity index (χ4v) is 4.07. The van der Waals surface area contributed by atoms with Crippen LogP contribution in [-0.4, -0.2) is 24.0 Å². The molecule has 1 saturated carbocycles. The minimum atomic E-state index is 0.275. The van der Waals surface area contributed by atoms with E-state index in [-0.39, 0.29) is 5.54 Å². The lowest BCUT2D eigenvalue weighted by Gasteiger charge is -2.49. The van der Waals surface area contributed by atoms with Gasteiger partial charge in [-0.3, -0.25) is 4.90 Å². The van der Waals surface area contributed by atoms with Gasteiger partial charge >= 0.3 is 0 Å². The average Bonchev–Trinajstić information content (AvgIpc) is 2.49. The zero-order chi connectivity index (χ0) is 13.1. The molecule has 1 aromatic rings. The summed E-state index contributed by atoms with van der Waals surface area (Å²) in [5, 5.41) is 0. The van der Waals surface area contributed by atoms with E-state index in [0.29, 0.717) is 6.04 Å². The minimum Gasteiger partial charge on any atom is -0.327 e. The molecular weight excluding hydrogens is 232 g/mol. The van der Waals surface area contributed by atoms with Crippen LogP contribution in [0.4, 0.5) is 0 Å². The van der Waals surface area contributed by atoms with Gasteiger partial charge in [0.05, 0.1) is 0 Å². The fraction of sp³-hybridized carbons (Fsp3) is 0.647. The predicted octanol–water partition coefficient (Wildman–Crippen LogP) is 3.27. The Hall–Kier alpha value is -0.860. The van der Waals surface area contributed by atoms with Gasteiger partial charge in [0.1, 0.15) is 0 Å². The van der Waals surface area contributed by atoms with Crippen molar-refractivity contribution in [2.45, 2.75) is 56.5 Å². The molecule has 0 radical (unpaired) electrons. The van der Waals surface area contributed by atoms with Gasteiger partial charge in [0.2, 0.25) is 0 Å². The van der Waals surface area contributed by atoms with Gasteiger partial charge in [-0.25, -0.2) is 0 Å². The number of nitrogens with two attached hydrogens (primary N) is 1. The highest BCUT2D eigenvalue weighted by atomic mass is 15.2. The van der Waals surface area contributed by atoms with Crippen molar-refractivity contribution < 1.29 is 0 Å². The molecule has 19 heavy (non-hydrogen) atoms. The first-order valence-electron chi connectivity index (χ1n) is 7.87. The lowest BCUT2D eigenvalue weighted by atomic mass is 9.74. The summed E-state index contributed by atoms with van der Waals surface area (Å²) >= 11 is 0. The first-order chi connectivity index (χ1) is 9.31. The molecule has 0 bridgehead atoms. The summed E-state index contributed by atoms with van der Waals surface area (Å²) in [6.45, 7) is 2.30. The molecule has 1 unspecified atom stereocenters. The normalized spacial score (nSPS) is 28.2. The van der Waals surface area contributed by atoms with Gasteiger partial charge in [-0.15, -0.1) is 0 Å². The van der Waals surface area contributed by atoms with Crippen molar-refractivity contribution in [2.24, 2.45) is 5.73 Å². The van der Waals surface area contributed by atoms with Crippen LogP contribution in [0, 0.1) is 0 Å². The summed E-state index contributed by atoms with van der Waals surface area (Å²) in [6.07, 6.45) is 9.19. The van der Waals surface area contributed by atoms with Gasteiger partial charge in [-0.2, -0.15) is 0 Å². The van der Waals surface area contributed by atoms with Crippen molar-refractivity contribution in [1.82, 2.24) is 4.90 Å². The van der Waals surface area contributed by atoms with E-state index in [1.165, 1.54) is 57.1 Å². The number of piperidine rings is 1. The first kappa shape index (κ1) is 13.1. The fourth-order valence-electron chi connectivity index (χ4n) is 4.07. The van der Waals surface area contributed by atoms with E-state index in [4.69, 9.17) is 5.73 Å². The molecular formula is C17H26N2.